The molecule has 1 atom stereocenters. The van der Waals surface area contributed by atoms with E-state index in [9.17, 15) is 14.9 Å². The first-order chi connectivity index (χ1) is 19.5. The molecule has 0 aliphatic rings. The quantitative estimate of drug-likeness (QED) is 0.179. The molecule has 9 heteroatoms. The number of nitrogens with zero attached hydrogens (tertiary/aromatic N) is 2. The average Bonchev–Trinajstić information content (AvgIpc) is 2.99. The maximum Gasteiger partial charge on any atom is 0.269 e. The molecule has 0 bridgehead atoms. The molecule has 0 radical (unpaired) electrons. The number of hydrogen-bond donors (Lipinski definition) is 2. The monoisotopic (exact) mass is 536 g/mol. The van der Waals surface area contributed by atoms with Crippen LogP contribution in [0.25, 0.3) is 0 Å². The van der Waals surface area contributed by atoms with Gasteiger partial charge in [0.1, 0.15) is 12.6 Å². The molecule has 1 amide bonds. The van der Waals surface area contributed by atoms with E-state index in [0.29, 0.717) is 47.9 Å². The zero-order valence-corrected chi connectivity index (χ0v) is 21.9. The molecule has 4 rings (SSSR count). The fraction of sp³-hybridized carbons (Fsp3) is 0.161. The minimum absolute atomic E-state index is 0.0182. The lowest BCUT2D eigenvalue weighted by molar-refractivity contribution is -0.384. The first-order valence-corrected chi connectivity index (χ1v) is 12.6. The highest BCUT2D eigenvalue weighted by Gasteiger charge is 2.22. The van der Waals surface area contributed by atoms with Crippen LogP contribution in [0.5, 0.6) is 11.5 Å². The number of nitro groups is 1. The van der Waals surface area contributed by atoms with Gasteiger partial charge in [0.15, 0.2) is 11.5 Å². The molecule has 40 heavy (non-hydrogen) atoms. The van der Waals surface area contributed by atoms with Gasteiger partial charge in [0, 0.05) is 24.4 Å². The van der Waals surface area contributed by atoms with Gasteiger partial charge in [-0.1, -0.05) is 48.5 Å². The van der Waals surface area contributed by atoms with Gasteiger partial charge in [0.05, 0.1) is 23.7 Å². The fourth-order valence-electron chi connectivity index (χ4n) is 4.04. The molecule has 2 N–H and O–H groups in total. The standard InChI is InChI=1S/C31H28N4O5/c1-39-29-19-25(11-16-28(29)40-21-24-5-3-2-4-6-24)30(34-26-12-7-23(20-32)8-13-26)31(36)33-18-17-22-9-14-27(15-10-22)35(37)38/h2-16,19,30,34H,17-18,21H2,1H3,(H,33,36). The largest absolute Gasteiger partial charge is 0.493 e. The number of carbonyl (C=O) groups excluding carboxylic acids is 1. The predicted octanol–water partition coefficient (Wildman–Crippen LogP) is 5.57. The number of anilines is 1. The molecule has 1 unspecified atom stereocenters. The van der Waals surface area contributed by atoms with Crippen molar-refractivity contribution in [3.05, 3.63) is 129 Å². The number of hydrogen-bond acceptors (Lipinski definition) is 7. The maximum atomic E-state index is 13.4. The van der Waals surface area contributed by atoms with E-state index >= 15 is 0 Å². The van der Waals surface area contributed by atoms with Crippen LogP contribution in [0.15, 0.2) is 97.1 Å². The Morgan fingerprint density at radius 1 is 0.950 bits per heavy atom. The van der Waals surface area contributed by atoms with Crippen molar-refractivity contribution in [3.63, 3.8) is 0 Å². The van der Waals surface area contributed by atoms with E-state index in [2.05, 4.69) is 16.7 Å². The molecule has 0 aliphatic heterocycles. The second-order valence-corrected chi connectivity index (χ2v) is 8.92. The van der Waals surface area contributed by atoms with Crippen molar-refractivity contribution >= 4 is 17.3 Å². The number of benzene rings is 4. The lowest BCUT2D eigenvalue weighted by atomic mass is 10.0. The number of carbonyl (C=O) groups is 1. The fourth-order valence-corrected chi connectivity index (χ4v) is 4.04. The first-order valence-electron chi connectivity index (χ1n) is 12.6. The van der Waals surface area contributed by atoms with Gasteiger partial charge < -0.3 is 20.1 Å². The minimum Gasteiger partial charge on any atom is -0.493 e. The SMILES string of the molecule is COc1cc(C(Nc2ccc(C#N)cc2)C(=O)NCCc2ccc([N+](=O)[O-])cc2)ccc1OCc1ccccc1. The Labute approximate surface area is 232 Å². The molecule has 0 aliphatic carbocycles. The van der Waals surface area contributed by atoms with Crippen molar-refractivity contribution in [2.75, 3.05) is 19.0 Å². The van der Waals surface area contributed by atoms with Gasteiger partial charge in [-0.25, -0.2) is 0 Å². The van der Waals surface area contributed by atoms with E-state index < -0.39 is 11.0 Å². The van der Waals surface area contributed by atoms with Crippen molar-refractivity contribution in [1.29, 1.82) is 5.26 Å². The number of nitriles is 1. The Kier molecular flexibility index (Phi) is 9.30. The number of non-ortho nitro benzene ring substituents is 1. The molecule has 0 spiro atoms. The van der Waals surface area contributed by atoms with E-state index in [1.807, 2.05) is 30.3 Å². The summed E-state index contributed by atoms with van der Waals surface area (Å²) in [4.78, 5) is 23.9. The van der Waals surface area contributed by atoms with Crippen LogP contribution in [0, 0.1) is 21.4 Å². The van der Waals surface area contributed by atoms with E-state index in [1.165, 1.54) is 12.1 Å². The first kappa shape index (κ1) is 27.7. The van der Waals surface area contributed by atoms with Crippen molar-refractivity contribution < 1.29 is 19.2 Å². The molecule has 0 saturated heterocycles. The smallest absolute Gasteiger partial charge is 0.269 e. The number of nitrogens with one attached hydrogen (secondary N) is 2. The lowest BCUT2D eigenvalue weighted by Crippen LogP contribution is -2.34. The number of amides is 1. The van der Waals surface area contributed by atoms with Crippen LogP contribution >= 0.6 is 0 Å². The number of nitro benzene ring substituents is 1. The van der Waals surface area contributed by atoms with E-state index in [0.717, 1.165) is 11.1 Å². The van der Waals surface area contributed by atoms with Crippen LogP contribution in [-0.4, -0.2) is 24.5 Å². The molecule has 0 aromatic heterocycles. The third-order valence-electron chi connectivity index (χ3n) is 6.21. The molecule has 0 fully saturated rings. The summed E-state index contributed by atoms with van der Waals surface area (Å²) >= 11 is 0. The molecule has 4 aromatic rings. The van der Waals surface area contributed by atoms with Crippen LogP contribution in [0.2, 0.25) is 0 Å². The summed E-state index contributed by atoms with van der Waals surface area (Å²) in [7, 11) is 1.54. The summed E-state index contributed by atoms with van der Waals surface area (Å²) in [5.41, 5.74) is 3.73. The Morgan fingerprint density at radius 2 is 1.68 bits per heavy atom. The number of rotatable bonds is 12. The normalized spacial score (nSPS) is 11.1. The third kappa shape index (κ3) is 7.36. The van der Waals surface area contributed by atoms with Crippen LogP contribution in [-0.2, 0) is 17.8 Å². The van der Waals surface area contributed by atoms with E-state index in [1.54, 1.807) is 61.7 Å². The molecule has 4 aromatic carbocycles. The Bertz CT molecular complexity index is 1480. The van der Waals surface area contributed by atoms with Gasteiger partial charge in [0.25, 0.3) is 5.69 Å². The Morgan fingerprint density at radius 3 is 2.33 bits per heavy atom. The van der Waals surface area contributed by atoms with Crippen molar-refractivity contribution in [2.24, 2.45) is 0 Å². The highest BCUT2D eigenvalue weighted by atomic mass is 16.6. The third-order valence-corrected chi connectivity index (χ3v) is 6.21. The number of ether oxygens (including phenoxy) is 2. The van der Waals surface area contributed by atoms with Crippen LogP contribution < -0.4 is 20.1 Å². The van der Waals surface area contributed by atoms with Crippen LogP contribution in [0.1, 0.15) is 28.3 Å². The molecule has 202 valence electrons. The minimum atomic E-state index is -0.776. The zero-order valence-electron chi connectivity index (χ0n) is 21.9. The summed E-state index contributed by atoms with van der Waals surface area (Å²) < 4.78 is 11.6. The second kappa shape index (κ2) is 13.4. The zero-order chi connectivity index (χ0) is 28.3. The van der Waals surface area contributed by atoms with Gasteiger partial charge in [-0.15, -0.1) is 0 Å². The highest BCUT2D eigenvalue weighted by Crippen LogP contribution is 2.32. The van der Waals surface area contributed by atoms with Crippen molar-refractivity contribution in [1.82, 2.24) is 5.32 Å². The Balaban J connectivity index is 1.50. The van der Waals surface area contributed by atoms with Crippen LogP contribution in [0.3, 0.4) is 0 Å². The molecule has 0 saturated carbocycles. The molecule has 9 nitrogen and oxygen atoms in total. The van der Waals surface area contributed by atoms with Crippen molar-refractivity contribution in [2.45, 2.75) is 19.1 Å². The van der Waals surface area contributed by atoms with Gasteiger partial charge in [0.2, 0.25) is 5.91 Å². The summed E-state index contributed by atoms with van der Waals surface area (Å²) in [5.74, 6) is 0.760. The average molecular weight is 537 g/mol. The topological polar surface area (TPSA) is 127 Å². The number of methoxy groups -OCH3 is 1. The van der Waals surface area contributed by atoms with Gasteiger partial charge in [-0.2, -0.15) is 5.26 Å². The summed E-state index contributed by atoms with van der Waals surface area (Å²) in [6, 6.07) is 29.5. The van der Waals surface area contributed by atoms with E-state index in [4.69, 9.17) is 14.7 Å². The van der Waals surface area contributed by atoms with E-state index in [-0.39, 0.29) is 11.6 Å². The van der Waals surface area contributed by atoms with Gasteiger partial charge >= 0.3 is 0 Å². The lowest BCUT2D eigenvalue weighted by Gasteiger charge is -2.21. The highest BCUT2D eigenvalue weighted by molar-refractivity contribution is 5.86. The van der Waals surface area contributed by atoms with Crippen LogP contribution in [0.4, 0.5) is 11.4 Å². The van der Waals surface area contributed by atoms with Gasteiger partial charge in [-0.3, -0.25) is 14.9 Å². The summed E-state index contributed by atoms with van der Waals surface area (Å²) in [5, 5.41) is 26.2. The summed E-state index contributed by atoms with van der Waals surface area (Å²) in [6.45, 7) is 0.699. The van der Waals surface area contributed by atoms with Gasteiger partial charge in [-0.05, 0) is 59.5 Å². The second-order valence-electron chi connectivity index (χ2n) is 8.92. The van der Waals surface area contributed by atoms with Crippen molar-refractivity contribution in [3.8, 4) is 17.6 Å². The Hall–Kier alpha value is -5.36. The molecular weight excluding hydrogens is 508 g/mol. The molecular formula is C31H28N4O5. The maximum absolute atomic E-state index is 13.4. The predicted molar refractivity (Wildman–Crippen MR) is 151 cm³/mol. The summed E-state index contributed by atoms with van der Waals surface area (Å²) in [6.07, 6.45) is 0.503. The molecule has 0 heterocycles.